The Labute approximate surface area is 195 Å². The fourth-order valence-corrected chi connectivity index (χ4v) is 4.93. The van der Waals surface area contributed by atoms with Crippen LogP contribution in [0, 0.1) is 5.82 Å². The Morgan fingerprint density at radius 3 is 2.52 bits per heavy atom. The number of nitrogens with zero attached hydrogens (tertiary/aromatic N) is 5. The molecule has 0 aliphatic carbocycles. The summed E-state index contributed by atoms with van der Waals surface area (Å²) in [5, 5.41) is 2.48. The van der Waals surface area contributed by atoms with E-state index in [2.05, 4.69) is 35.9 Å². The van der Waals surface area contributed by atoms with Crippen molar-refractivity contribution >= 4 is 39.1 Å². The molecule has 2 aromatic heterocycles. The van der Waals surface area contributed by atoms with Gasteiger partial charge in [-0.15, -0.1) is 0 Å². The van der Waals surface area contributed by atoms with Crippen LogP contribution >= 0.6 is 11.7 Å². The van der Waals surface area contributed by atoms with E-state index in [1.807, 2.05) is 12.4 Å². The number of amides is 1. The van der Waals surface area contributed by atoms with Gasteiger partial charge in [0.2, 0.25) is 5.95 Å². The normalized spacial score (nSPS) is 14.9. The van der Waals surface area contributed by atoms with E-state index >= 15 is 0 Å². The van der Waals surface area contributed by atoms with Gasteiger partial charge in [-0.3, -0.25) is 4.79 Å². The number of aryl methyl sites for hydroxylation is 1. The van der Waals surface area contributed by atoms with Crippen LogP contribution in [0.3, 0.4) is 0 Å². The first-order valence-electron chi connectivity index (χ1n) is 10.5. The molecule has 1 aliphatic heterocycles. The fraction of sp³-hybridized carbons (Fsp3) is 0.381. The van der Waals surface area contributed by atoms with Crippen LogP contribution in [0.1, 0.15) is 47.4 Å². The molecule has 1 saturated heterocycles. The highest BCUT2D eigenvalue weighted by molar-refractivity contribution is 7.90. The summed E-state index contributed by atoms with van der Waals surface area (Å²) in [6, 6.07) is 3.36. The molecular weight excluding hydrogens is 467 g/mol. The van der Waals surface area contributed by atoms with Crippen molar-refractivity contribution in [1.29, 1.82) is 0 Å². The summed E-state index contributed by atoms with van der Waals surface area (Å²) in [5.74, 6) is -0.690. The standard InChI is InChI=1S/C21H23FN6O3S2/c1-3-13-11-23-21(24-12-13)28-8-6-14(7-9-28)18-19(27-32-26-18)20(29)25-17-5-4-15(10-16(17)22)33(2,30)31/h4-5,10-12,14H,3,6-9H2,1-2H3,(H,25,29). The number of carbonyl (C=O) groups is 1. The zero-order valence-electron chi connectivity index (χ0n) is 18.2. The SMILES string of the molecule is CCc1cnc(N2CCC(c3nsnc3C(=O)Nc3ccc(S(C)(=O)=O)cc3F)CC2)nc1. The summed E-state index contributed by atoms with van der Waals surface area (Å²) < 4.78 is 46.0. The average Bonchev–Trinajstić information content (AvgIpc) is 3.30. The first-order valence-corrected chi connectivity index (χ1v) is 13.1. The molecule has 4 rings (SSSR count). The molecule has 3 aromatic rings. The van der Waals surface area contributed by atoms with Gasteiger partial charge in [-0.1, -0.05) is 6.92 Å². The number of nitrogens with one attached hydrogen (secondary N) is 1. The first-order chi connectivity index (χ1) is 15.8. The van der Waals surface area contributed by atoms with Gasteiger partial charge in [-0.2, -0.15) is 8.75 Å². The molecule has 1 amide bonds. The molecular formula is C21H23FN6O3S2. The maximum Gasteiger partial charge on any atom is 0.277 e. The van der Waals surface area contributed by atoms with Crippen molar-refractivity contribution < 1.29 is 17.6 Å². The van der Waals surface area contributed by atoms with Gasteiger partial charge in [-0.05, 0) is 43.0 Å². The van der Waals surface area contributed by atoms with Gasteiger partial charge in [0.15, 0.2) is 15.5 Å². The van der Waals surface area contributed by atoms with Crippen molar-refractivity contribution in [1.82, 2.24) is 18.7 Å². The molecule has 0 spiro atoms. The Hall–Kier alpha value is -2.99. The molecule has 9 nitrogen and oxygen atoms in total. The van der Waals surface area contributed by atoms with Crippen LogP contribution in [0.25, 0.3) is 0 Å². The minimum atomic E-state index is -3.55. The number of anilines is 2. The molecule has 0 bridgehead atoms. The van der Waals surface area contributed by atoms with Crippen LogP contribution in [0.5, 0.6) is 0 Å². The highest BCUT2D eigenvalue weighted by atomic mass is 32.2. The van der Waals surface area contributed by atoms with E-state index in [0.717, 1.165) is 62.0 Å². The summed E-state index contributed by atoms with van der Waals surface area (Å²) >= 11 is 0.938. The lowest BCUT2D eigenvalue weighted by atomic mass is 9.92. The van der Waals surface area contributed by atoms with E-state index < -0.39 is 21.6 Å². The molecule has 12 heteroatoms. The maximum absolute atomic E-state index is 14.4. The van der Waals surface area contributed by atoms with Gasteiger partial charge in [-0.25, -0.2) is 22.8 Å². The van der Waals surface area contributed by atoms with Crippen LogP contribution in [0.15, 0.2) is 35.5 Å². The Morgan fingerprint density at radius 2 is 1.91 bits per heavy atom. The van der Waals surface area contributed by atoms with Crippen molar-refractivity contribution in [2.24, 2.45) is 0 Å². The topological polar surface area (TPSA) is 118 Å². The number of sulfone groups is 1. The third-order valence-corrected chi connectivity index (χ3v) is 7.26. The van der Waals surface area contributed by atoms with Gasteiger partial charge in [0.05, 0.1) is 28.0 Å². The molecule has 174 valence electrons. The Kier molecular flexibility index (Phi) is 6.66. The second kappa shape index (κ2) is 9.48. The molecule has 3 heterocycles. The number of aromatic nitrogens is 4. The largest absolute Gasteiger partial charge is 0.341 e. The van der Waals surface area contributed by atoms with E-state index in [-0.39, 0.29) is 22.2 Å². The zero-order valence-corrected chi connectivity index (χ0v) is 19.8. The van der Waals surface area contributed by atoms with Crippen molar-refractivity contribution in [2.75, 3.05) is 29.6 Å². The molecule has 0 radical (unpaired) electrons. The van der Waals surface area contributed by atoms with E-state index in [4.69, 9.17) is 0 Å². The first kappa shape index (κ1) is 23.2. The molecule has 1 aliphatic rings. The van der Waals surface area contributed by atoms with Gasteiger partial charge >= 0.3 is 0 Å². The number of carbonyl (C=O) groups excluding carboxylic acids is 1. The zero-order chi connectivity index (χ0) is 23.6. The Morgan fingerprint density at radius 1 is 1.21 bits per heavy atom. The molecule has 33 heavy (non-hydrogen) atoms. The highest BCUT2D eigenvalue weighted by Gasteiger charge is 2.29. The molecule has 1 aromatic carbocycles. The lowest BCUT2D eigenvalue weighted by molar-refractivity contribution is 0.102. The minimum Gasteiger partial charge on any atom is -0.341 e. The highest BCUT2D eigenvalue weighted by Crippen LogP contribution is 2.31. The lowest BCUT2D eigenvalue weighted by Gasteiger charge is -2.31. The second-order valence-corrected chi connectivity index (χ2v) is 10.4. The van der Waals surface area contributed by atoms with Crippen LogP contribution < -0.4 is 10.2 Å². The predicted octanol–water partition coefficient (Wildman–Crippen LogP) is 3.07. The predicted molar refractivity (Wildman–Crippen MR) is 123 cm³/mol. The molecule has 0 unspecified atom stereocenters. The van der Waals surface area contributed by atoms with Gasteiger partial charge < -0.3 is 10.2 Å². The second-order valence-electron chi connectivity index (χ2n) is 7.87. The summed E-state index contributed by atoms with van der Waals surface area (Å²) in [6.45, 7) is 3.49. The van der Waals surface area contributed by atoms with Crippen LogP contribution in [-0.4, -0.2) is 52.4 Å². The Bertz CT molecular complexity index is 1260. The van der Waals surface area contributed by atoms with Gasteiger partial charge in [0.25, 0.3) is 5.91 Å². The van der Waals surface area contributed by atoms with Crippen LogP contribution in [0.4, 0.5) is 16.0 Å². The van der Waals surface area contributed by atoms with Gasteiger partial charge in [0, 0.05) is 37.7 Å². The molecule has 0 atom stereocenters. The Balaban J connectivity index is 1.43. The van der Waals surface area contributed by atoms with E-state index in [0.29, 0.717) is 11.6 Å². The molecule has 1 N–H and O–H groups in total. The average molecular weight is 491 g/mol. The summed E-state index contributed by atoms with van der Waals surface area (Å²) in [4.78, 5) is 23.6. The number of benzene rings is 1. The third kappa shape index (κ3) is 5.17. The quantitative estimate of drug-likeness (QED) is 0.560. The molecule has 0 saturated carbocycles. The number of halogens is 1. The summed E-state index contributed by atoms with van der Waals surface area (Å²) in [6.07, 6.45) is 7.05. The number of hydrogen-bond acceptors (Lipinski definition) is 9. The van der Waals surface area contributed by atoms with E-state index in [9.17, 15) is 17.6 Å². The maximum atomic E-state index is 14.4. The molecule has 1 fully saturated rings. The van der Waals surface area contributed by atoms with Crippen LogP contribution in [0.2, 0.25) is 0 Å². The summed E-state index contributed by atoms with van der Waals surface area (Å²) in [5.41, 5.74) is 1.72. The lowest BCUT2D eigenvalue weighted by Crippen LogP contribution is -2.34. The van der Waals surface area contributed by atoms with Crippen molar-refractivity contribution in [3.63, 3.8) is 0 Å². The van der Waals surface area contributed by atoms with Gasteiger partial charge in [0.1, 0.15) is 5.82 Å². The van der Waals surface area contributed by atoms with Crippen molar-refractivity contribution in [3.8, 4) is 0 Å². The monoisotopic (exact) mass is 490 g/mol. The number of hydrogen-bond donors (Lipinski definition) is 1. The smallest absolute Gasteiger partial charge is 0.277 e. The van der Waals surface area contributed by atoms with Crippen molar-refractivity contribution in [3.05, 3.63) is 53.4 Å². The third-order valence-electron chi connectivity index (χ3n) is 5.61. The number of piperidine rings is 1. The van der Waals surface area contributed by atoms with E-state index in [1.54, 1.807) is 0 Å². The van der Waals surface area contributed by atoms with E-state index in [1.165, 1.54) is 12.1 Å². The number of rotatable bonds is 6. The summed E-state index contributed by atoms with van der Waals surface area (Å²) in [7, 11) is -3.55. The van der Waals surface area contributed by atoms with Crippen LogP contribution in [-0.2, 0) is 16.3 Å². The van der Waals surface area contributed by atoms with Crippen molar-refractivity contribution in [2.45, 2.75) is 37.0 Å². The minimum absolute atomic E-state index is 0.0353. The fourth-order valence-electron chi connectivity index (χ4n) is 3.68.